The summed E-state index contributed by atoms with van der Waals surface area (Å²) in [6.07, 6.45) is 10.4. The molecule has 0 saturated carbocycles. The number of halogens is 1. The fourth-order valence-corrected chi connectivity index (χ4v) is 10.6. The van der Waals surface area contributed by atoms with Crippen LogP contribution in [0.25, 0.3) is 10.2 Å². The SMILES string of the molecule is C#CCOC(=O)N(CC#C)Cc1cc(NC(=O)[C@H](CCCNC(N)=O)NC(=O)[C@@H](NC(=O)OC(C)(C)C)C(C)C)ccc1C[N+](C)(C)CC#Cc1ccc(OCCCc2sc(N(C)c3cc(C)c(Nc4nc5ccccc5s4)nn3)nc2C(=O)O)c(F)c1. The van der Waals surface area contributed by atoms with Crippen molar-refractivity contribution in [3.05, 3.63) is 105 Å². The van der Waals surface area contributed by atoms with Gasteiger partial charge in [-0.3, -0.25) is 14.5 Å². The molecule has 0 fully saturated rings. The van der Waals surface area contributed by atoms with Crippen molar-refractivity contribution in [2.45, 2.75) is 98.0 Å². The number of carbonyl (C=O) groups is 6. The lowest BCUT2D eigenvalue weighted by atomic mass is 10.0. The zero-order chi connectivity index (χ0) is 64.3. The average Bonchev–Trinajstić information content (AvgIpc) is 1.90. The predicted octanol–water partition coefficient (Wildman–Crippen LogP) is 8.47. The van der Waals surface area contributed by atoms with Gasteiger partial charge in [0.05, 0.1) is 44.0 Å². The number of aromatic nitrogens is 4. The minimum absolute atomic E-state index is 0.000729. The van der Waals surface area contributed by atoms with Gasteiger partial charge in [-0.2, -0.15) is 0 Å². The number of anilines is 5. The Morgan fingerprint density at radius 2 is 1.68 bits per heavy atom. The number of fused-ring (bicyclic) bond motifs is 1. The number of primary amides is 1. The summed E-state index contributed by atoms with van der Waals surface area (Å²) >= 11 is 2.70. The van der Waals surface area contributed by atoms with E-state index in [1.165, 1.54) is 39.7 Å². The van der Waals surface area contributed by atoms with Crippen molar-refractivity contribution in [2.24, 2.45) is 11.7 Å². The van der Waals surface area contributed by atoms with Gasteiger partial charge in [0.15, 0.2) is 45.8 Å². The van der Waals surface area contributed by atoms with E-state index < -0.39 is 65.4 Å². The number of aromatic carboxylic acids is 1. The Bertz CT molecular complexity index is 3620. The Kier molecular flexibility index (Phi) is 24.0. The van der Waals surface area contributed by atoms with E-state index in [0.29, 0.717) is 63.0 Å². The van der Waals surface area contributed by atoms with Gasteiger partial charge in [0.2, 0.25) is 11.8 Å². The van der Waals surface area contributed by atoms with Crippen LogP contribution in [0.15, 0.2) is 66.7 Å². The lowest BCUT2D eigenvalue weighted by Crippen LogP contribution is -2.55. The molecule has 0 aliphatic carbocycles. The fraction of sp³-hybridized carbons (Fsp3) is 0.387. The fourth-order valence-electron chi connectivity index (χ4n) is 8.63. The van der Waals surface area contributed by atoms with Crippen LogP contribution in [0.3, 0.4) is 0 Å². The Hall–Kier alpha value is -9.55. The molecule has 6 rings (SSSR count). The Morgan fingerprint density at radius 3 is 2.35 bits per heavy atom. The van der Waals surface area contributed by atoms with Gasteiger partial charge in [-0.15, -0.1) is 34.4 Å². The number of quaternary nitrogens is 1. The molecule has 464 valence electrons. The summed E-state index contributed by atoms with van der Waals surface area (Å²) in [5.74, 6) is 8.41. The van der Waals surface area contributed by atoms with E-state index in [4.69, 9.17) is 32.8 Å². The third-order valence-corrected chi connectivity index (χ3v) is 15.1. The number of para-hydroxylation sites is 1. The molecule has 0 radical (unpaired) electrons. The third kappa shape index (κ3) is 20.3. The third-order valence-electron chi connectivity index (χ3n) is 13.0. The number of aryl methyl sites for hydroxylation is 2. The highest BCUT2D eigenvalue weighted by Gasteiger charge is 2.31. The lowest BCUT2D eigenvalue weighted by Gasteiger charge is -2.30. The number of hydrogen-bond donors (Lipinski definition) is 7. The monoisotopic (exact) mass is 1240 g/mol. The molecule has 0 unspecified atom stereocenters. The maximum absolute atomic E-state index is 15.5. The smallest absolute Gasteiger partial charge is 0.411 e. The van der Waals surface area contributed by atoms with Crippen LogP contribution in [-0.4, -0.2) is 142 Å². The number of urea groups is 1. The van der Waals surface area contributed by atoms with Crippen LogP contribution in [-0.2, 0) is 38.6 Å². The molecule has 8 N–H and O–H groups in total. The number of nitrogens with zero attached hydrogens (tertiary/aromatic N) is 7. The minimum atomic E-state index is -1.19. The molecule has 26 heteroatoms. The minimum Gasteiger partial charge on any atom is -0.491 e. The van der Waals surface area contributed by atoms with Crippen molar-refractivity contribution >= 4 is 96.5 Å². The predicted molar refractivity (Wildman–Crippen MR) is 336 cm³/mol. The number of benzene rings is 3. The zero-order valence-corrected chi connectivity index (χ0v) is 52.2. The molecular weight excluding hydrogens is 1170 g/mol. The molecule has 0 aliphatic heterocycles. The Balaban J connectivity index is 1.10. The molecule has 3 heterocycles. The number of nitrogens with one attached hydrogen (secondary N) is 5. The number of thiazole rings is 2. The number of carboxylic acids is 1. The number of ether oxygens (including phenoxy) is 3. The molecule has 0 aliphatic rings. The van der Waals surface area contributed by atoms with Gasteiger partial charge in [-0.05, 0) is 125 Å². The highest BCUT2D eigenvalue weighted by molar-refractivity contribution is 7.22. The quantitative estimate of drug-likeness (QED) is 0.0145. The first kappa shape index (κ1) is 67.6. The second-order valence-electron chi connectivity index (χ2n) is 22.3. The van der Waals surface area contributed by atoms with Gasteiger partial charge in [-0.25, -0.2) is 33.5 Å². The zero-order valence-electron chi connectivity index (χ0n) is 50.5. The summed E-state index contributed by atoms with van der Waals surface area (Å²) in [7, 11) is 5.59. The highest BCUT2D eigenvalue weighted by Crippen LogP contribution is 2.34. The molecule has 0 saturated heterocycles. The molecule has 23 nitrogen and oxygen atoms in total. The summed E-state index contributed by atoms with van der Waals surface area (Å²) in [6, 6.07) is 16.1. The van der Waals surface area contributed by atoms with Crippen molar-refractivity contribution in [3.63, 3.8) is 0 Å². The maximum atomic E-state index is 15.5. The second kappa shape index (κ2) is 31.2. The van der Waals surface area contributed by atoms with Crippen molar-refractivity contribution in [1.82, 2.24) is 41.0 Å². The number of carboxylic acid groups (broad SMARTS) is 1. The second-order valence-corrected chi connectivity index (χ2v) is 24.4. The van der Waals surface area contributed by atoms with Crippen molar-refractivity contribution in [2.75, 3.05) is 69.5 Å². The van der Waals surface area contributed by atoms with E-state index in [-0.39, 0.29) is 68.2 Å². The van der Waals surface area contributed by atoms with Gasteiger partial charge in [0, 0.05) is 35.3 Å². The average molecular weight is 1240 g/mol. The summed E-state index contributed by atoms with van der Waals surface area (Å²) in [5, 5.41) is 33.8. The maximum Gasteiger partial charge on any atom is 0.411 e. The molecule has 2 atom stereocenters. The number of rotatable bonds is 27. The van der Waals surface area contributed by atoms with E-state index >= 15 is 4.39 Å². The van der Waals surface area contributed by atoms with Crippen LogP contribution in [0.5, 0.6) is 5.75 Å². The van der Waals surface area contributed by atoms with Crippen molar-refractivity contribution in [3.8, 4) is 42.3 Å². The van der Waals surface area contributed by atoms with Crippen molar-refractivity contribution in [1.29, 1.82) is 0 Å². The standard InChI is InChI=1S/C62H72FN13O10S2/c1-12-29-75(61(83)85-31-13-2)36-42-35-43(66-54(77)46(21-16-28-65-57(64)81)67-55(78)51(38(3)4)70-60(82)86-62(6,7)8)26-25-41(42)37-76(10,11)30-17-19-40-24-27-47(44(63)34-40)84-32-18-23-49-52(56(79)80)69-59(88-49)74(9)50-33-39(5)53(73-72-50)71-58-68-45-20-14-15-22-48(45)87-58/h1-2,14-15,20,22,24-27,33-35,38,46,51H,16,18,21,23,28-32,36-37H2,3-11H3,(H7-,64,65,66,67,68,70,71,73,77,78,79,80,81,82)/p+1/t46-,51-/m0/s1. The lowest BCUT2D eigenvalue weighted by molar-refractivity contribution is -0.896. The highest BCUT2D eigenvalue weighted by atomic mass is 32.1. The van der Waals surface area contributed by atoms with Gasteiger partial charge in [0.1, 0.15) is 30.8 Å². The number of carbonyl (C=O) groups excluding carboxylic acids is 5. The summed E-state index contributed by atoms with van der Waals surface area (Å²) < 4.78 is 33.2. The Morgan fingerprint density at radius 1 is 0.920 bits per heavy atom. The van der Waals surface area contributed by atoms with Gasteiger partial charge in [0.25, 0.3) is 0 Å². The van der Waals surface area contributed by atoms with E-state index in [9.17, 15) is 33.9 Å². The van der Waals surface area contributed by atoms with E-state index in [2.05, 4.69) is 70.4 Å². The number of alkyl carbamates (subject to hydrolysis) is 1. The van der Waals surface area contributed by atoms with Gasteiger partial charge < -0.3 is 61.0 Å². The normalized spacial score (nSPS) is 11.8. The number of nitrogens with two attached hydrogens (primary N) is 1. The van der Waals surface area contributed by atoms with Crippen LogP contribution in [0.1, 0.15) is 91.5 Å². The summed E-state index contributed by atoms with van der Waals surface area (Å²) in [6.45, 7) is 10.7. The number of terminal acetylenes is 2. The molecule has 6 aromatic rings. The largest absolute Gasteiger partial charge is 0.491 e. The first-order chi connectivity index (χ1) is 41.7. The van der Waals surface area contributed by atoms with Crippen molar-refractivity contribution < 1.29 is 57.0 Å². The topological polar surface area (TPSA) is 295 Å². The summed E-state index contributed by atoms with van der Waals surface area (Å²) in [5.41, 5.74) is 7.99. The molecule has 0 bridgehead atoms. The molecule has 0 spiro atoms. The number of hydrogen-bond acceptors (Lipinski definition) is 17. The van der Waals surface area contributed by atoms with Crippen LogP contribution < -0.4 is 42.0 Å². The van der Waals surface area contributed by atoms with E-state index in [0.717, 1.165) is 21.3 Å². The van der Waals surface area contributed by atoms with E-state index in [1.54, 1.807) is 70.8 Å². The van der Waals surface area contributed by atoms with Crippen LogP contribution in [0.4, 0.5) is 46.4 Å². The van der Waals surface area contributed by atoms with Crippen LogP contribution in [0.2, 0.25) is 0 Å². The van der Waals surface area contributed by atoms with Gasteiger partial charge in [-0.1, -0.05) is 61.1 Å². The molecule has 3 aromatic carbocycles. The molecule has 88 heavy (non-hydrogen) atoms. The Labute approximate surface area is 518 Å². The summed E-state index contributed by atoms with van der Waals surface area (Å²) in [4.78, 5) is 90.0. The number of amides is 6. The first-order valence-electron chi connectivity index (χ1n) is 27.9. The van der Waals surface area contributed by atoms with E-state index in [1.807, 2.05) is 51.4 Å². The molecule has 3 aromatic heterocycles. The first-order valence-corrected chi connectivity index (χ1v) is 29.6. The molecule has 6 amide bonds. The van der Waals surface area contributed by atoms with Crippen LogP contribution in [0, 0.1) is 55.2 Å². The van der Waals surface area contributed by atoms with Crippen LogP contribution >= 0.6 is 22.7 Å². The van der Waals surface area contributed by atoms with Gasteiger partial charge >= 0.3 is 24.2 Å². The molecular formula is C62H73FN13O10S2+.